The molecular weight excluding hydrogens is 419 g/mol. The van der Waals surface area contributed by atoms with Crippen LogP contribution in [0.5, 0.6) is 0 Å². The van der Waals surface area contributed by atoms with Gasteiger partial charge in [0.15, 0.2) is 19.0 Å². The number of benzene rings is 1. The van der Waals surface area contributed by atoms with Crippen LogP contribution in [-0.2, 0) is 16.6 Å². The molecule has 0 aliphatic carbocycles. The summed E-state index contributed by atoms with van der Waals surface area (Å²) in [5.41, 5.74) is 0.847. The van der Waals surface area contributed by atoms with E-state index >= 15 is 0 Å². The van der Waals surface area contributed by atoms with Gasteiger partial charge in [-0.3, -0.25) is 0 Å². The van der Waals surface area contributed by atoms with Gasteiger partial charge in [-0.2, -0.15) is 0 Å². The number of nitrogens with zero attached hydrogens (tertiary/aromatic N) is 6. The predicted molar refractivity (Wildman–Crippen MR) is 133 cm³/mol. The van der Waals surface area contributed by atoms with E-state index in [-0.39, 0.29) is 16.6 Å². The molecule has 3 aromatic heterocycles. The van der Waals surface area contributed by atoms with Crippen molar-refractivity contribution in [3.63, 3.8) is 0 Å². The summed E-state index contributed by atoms with van der Waals surface area (Å²) >= 11 is 0. The molecule has 0 unspecified atom stereocenters. The maximum absolute atomic E-state index is 3.65. The molecule has 7 heteroatoms. The first kappa shape index (κ1) is 24.1. The Hall–Kier alpha value is -3.09. The van der Waals surface area contributed by atoms with Gasteiger partial charge in [0.25, 0.3) is 0 Å². The van der Waals surface area contributed by atoms with E-state index in [0.29, 0.717) is 0 Å². The largest absolute Gasteiger partial charge is 0.539 e. The van der Waals surface area contributed by atoms with Crippen molar-refractivity contribution in [2.75, 3.05) is 0 Å². The summed E-state index contributed by atoms with van der Waals surface area (Å²) in [6, 6.07) is 10.6. The van der Waals surface area contributed by atoms with E-state index in [0.717, 1.165) is 5.46 Å². The first-order valence-corrected chi connectivity index (χ1v) is 12.0. The second kappa shape index (κ2) is 8.00. The van der Waals surface area contributed by atoms with Gasteiger partial charge in [0.05, 0.1) is 16.6 Å². The number of imidazole rings is 3. The lowest BCUT2D eigenvalue weighted by molar-refractivity contribution is -0.757. The van der Waals surface area contributed by atoms with Crippen molar-refractivity contribution in [2.45, 2.75) is 78.9 Å². The molecule has 0 bridgehead atoms. The molecule has 0 spiro atoms. The van der Waals surface area contributed by atoms with Crippen LogP contribution in [0, 0.1) is 19.0 Å². The van der Waals surface area contributed by atoms with Gasteiger partial charge in [-0.05, 0) is 80.9 Å². The van der Waals surface area contributed by atoms with E-state index in [1.807, 2.05) is 0 Å². The molecule has 0 saturated heterocycles. The summed E-state index contributed by atoms with van der Waals surface area (Å²) in [5.74, 6) is 0. The van der Waals surface area contributed by atoms with Crippen LogP contribution in [0.25, 0.3) is 0 Å². The van der Waals surface area contributed by atoms with Crippen molar-refractivity contribution in [3.05, 3.63) is 86.5 Å². The minimum absolute atomic E-state index is 0.0960. The zero-order valence-electron chi connectivity index (χ0n) is 22.1. The van der Waals surface area contributed by atoms with Crippen LogP contribution in [0.4, 0.5) is 0 Å². The lowest BCUT2D eigenvalue weighted by Gasteiger charge is -2.39. The van der Waals surface area contributed by atoms with Crippen LogP contribution >= 0.6 is 0 Å². The zero-order valence-corrected chi connectivity index (χ0v) is 22.1. The molecule has 0 radical (unpaired) electrons. The quantitative estimate of drug-likeness (QED) is 0.256. The molecule has 6 nitrogen and oxygen atoms in total. The molecule has 1 aromatic carbocycles. The lowest BCUT2D eigenvalue weighted by atomic mass is 9.52. The molecule has 34 heavy (non-hydrogen) atoms. The van der Waals surface area contributed by atoms with Crippen LogP contribution in [0.1, 0.15) is 62.3 Å². The molecule has 0 aliphatic rings. The molecule has 0 saturated carbocycles. The normalized spacial score (nSPS) is 13.4. The minimum Gasteiger partial charge on any atom is -0.468 e. The first-order valence-electron chi connectivity index (χ1n) is 12.0. The summed E-state index contributed by atoms with van der Waals surface area (Å²) in [6.45, 7) is 17.9. The van der Waals surface area contributed by atoms with Crippen molar-refractivity contribution >= 4 is 12.0 Å². The number of aromatic nitrogens is 6. The van der Waals surface area contributed by atoms with Crippen LogP contribution in [0.2, 0.25) is 0 Å². The molecule has 180 valence electrons. The second-order valence-electron chi connectivity index (χ2n) is 12.2. The highest BCUT2D eigenvalue weighted by atomic mass is 15.3. The Bertz CT molecular complexity index is 1130. The fourth-order valence-electron chi connectivity index (χ4n) is 4.31. The van der Waals surface area contributed by atoms with Crippen LogP contribution in [0.15, 0.2) is 67.5 Å². The second-order valence-corrected chi connectivity index (χ2v) is 12.2. The van der Waals surface area contributed by atoms with Gasteiger partial charge < -0.3 is 27.1 Å². The van der Waals surface area contributed by atoms with Gasteiger partial charge in [-0.1, -0.05) is 54.4 Å². The monoisotopic (exact) mass is 457 g/mol. The molecule has 3 heterocycles. The van der Waals surface area contributed by atoms with E-state index < -0.39 is 6.55 Å². The average Bonchev–Trinajstić information content (AvgIpc) is 3.49. The van der Waals surface area contributed by atoms with Gasteiger partial charge in [0.1, 0.15) is 0 Å². The summed E-state index contributed by atoms with van der Waals surface area (Å²) in [4.78, 5) is 0. The van der Waals surface area contributed by atoms with E-state index in [9.17, 15) is 0 Å². The molecule has 0 amide bonds. The minimum atomic E-state index is -1.79. The Balaban J connectivity index is 2.09. The SMILES string of the molecule is CC(C)(C)[n+]1[c-]n([B-](c2ccccc2)(n2[c-][n+](C(C)(C)C)cc2)n2[c-][n+](C(C)(C)C)cc2)cc1. The smallest absolute Gasteiger partial charge is 0.468 e. The zero-order chi connectivity index (χ0) is 24.9. The maximum atomic E-state index is 3.65. The molecule has 0 atom stereocenters. The topological polar surface area (TPSA) is 26.4 Å². The van der Waals surface area contributed by atoms with Crippen LogP contribution < -0.4 is 19.2 Å². The first-order chi connectivity index (χ1) is 15.7. The van der Waals surface area contributed by atoms with Crippen molar-refractivity contribution in [1.29, 1.82) is 0 Å². The Labute approximate surface area is 204 Å². The van der Waals surface area contributed by atoms with Crippen molar-refractivity contribution in [1.82, 2.24) is 13.4 Å². The van der Waals surface area contributed by atoms with Gasteiger partial charge >= 0.3 is 6.55 Å². The Morgan fingerprint density at radius 2 is 0.882 bits per heavy atom. The molecule has 0 aliphatic heterocycles. The highest BCUT2D eigenvalue weighted by Gasteiger charge is 2.45. The lowest BCUT2D eigenvalue weighted by Crippen LogP contribution is -2.68. The summed E-state index contributed by atoms with van der Waals surface area (Å²) in [7, 11) is 0. The number of hydrogen-bond acceptors (Lipinski definition) is 0. The van der Waals surface area contributed by atoms with Crippen molar-refractivity contribution < 1.29 is 13.7 Å². The number of hydrogen-bond donors (Lipinski definition) is 0. The van der Waals surface area contributed by atoms with E-state index in [1.165, 1.54) is 0 Å². The fourth-order valence-corrected chi connectivity index (χ4v) is 4.31. The summed E-state index contributed by atoms with van der Waals surface area (Å²) in [5, 5.41) is 0. The van der Waals surface area contributed by atoms with E-state index in [4.69, 9.17) is 0 Å². The van der Waals surface area contributed by atoms with Crippen molar-refractivity contribution in [3.8, 4) is 0 Å². The fraction of sp³-hybridized carbons (Fsp3) is 0.444. The van der Waals surface area contributed by atoms with Gasteiger partial charge in [-0.15, -0.1) is 0 Å². The third-order valence-electron chi connectivity index (χ3n) is 6.38. The molecular formula is C27H38BN6-. The standard InChI is InChI=1S/C27H38BN6/c1-25(2,3)29-15-18-32(21-29)28(24-13-11-10-12-14-24,33-19-16-30(22-33)26(4,5)6)34-20-17-31(23-34)27(7,8)9/h10-20H,1-9H3/q-1. The van der Waals surface area contributed by atoms with Crippen LogP contribution in [0.3, 0.4) is 0 Å². The Morgan fingerprint density at radius 3 is 1.15 bits per heavy atom. The van der Waals surface area contributed by atoms with E-state index in [1.54, 1.807) is 0 Å². The van der Waals surface area contributed by atoms with Crippen molar-refractivity contribution in [2.24, 2.45) is 0 Å². The third kappa shape index (κ3) is 4.12. The van der Waals surface area contributed by atoms with Gasteiger partial charge in [0, 0.05) is 0 Å². The average molecular weight is 457 g/mol. The van der Waals surface area contributed by atoms with Gasteiger partial charge in [0.2, 0.25) is 0 Å². The highest BCUT2D eigenvalue weighted by molar-refractivity contribution is 6.87. The van der Waals surface area contributed by atoms with E-state index in [2.05, 4.69) is 176 Å². The maximum Gasteiger partial charge on any atom is 0.539 e. The Kier molecular flexibility index (Phi) is 5.66. The third-order valence-corrected chi connectivity index (χ3v) is 6.38. The van der Waals surface area contributed by atoms with Gasteiger partial charge in [-0.25, -0.2) is 0 Å². The molecule has 0 N–H and O–H groups in total. The van der Waals surface area contributed by atoms with Crippen LogP contribution in [-0.4, -0.2) is 20.0 Å². The molecule has 4 rings (SSSR count). The highest BCUT2D eigenvalue weighted by Crippen LogP contribution is 2.16. The summed E-state index contributed by atoms with van der Waals surface area (Å²) < 4.78 is 13.0. The number of rotatable bonds is 4. The Morgan fingerprint density at radius 1 is 0.559 bits per heavy atom. The molecule has 4 aromatic rings. The predicted octanol–water partition coefficient (Wildman–Crippen LogP) is 2.41. The summed E-state index contributed by atoms with van der Waals surface area (Å²) in [6.07, 6.45) is 23.6. The molecule has 0 fully saturated rings.